The summed E-state index contributed by atoms with van der Waals surface area (Å²) < 4.78 is 0. The Morgan fingerprint density at radius 3 is 2.74 bits per heavy atom. The molecule has 6 heteroatoms. The molecule has 1 aliphatic rings. The third-order valence-corrected chi connectivity index (χ3v) is 4.06. The third kappa shape index (κ3) is 4.37. The van der Waals surface area contributed by atoms with E-state index in [-0.39, 0.29) is 17.9 Å². The van der Waals surface area contributed by atoms with Crippen LogP contribution in [-0.4, -0.2) is 50.6 Å². The van der Waals surface area contributed by atoms with Gasteiger partial charge in [-0.3, -0.25) is 4.79 Å². The normalized spacial score (nSPS) is 17.5. The number of urea groups is 1. The van der Waals surface area contributed by atoms with Crippen LogP contribution in [0.1, 0.15) is 19.8 Å². The van der Waals surface area contributed by atoms with Gasteiger partial charge in [-0.2, -0.15) is 0 Å². The number of rotatable bonds is 4. The van der Waals surface area contributed by atoms with Crippen LogP contribution in [0.15, 0.2) is 24.3 Å². The topological polar surface area (TPSA) is 64.7 Å². The van der Waals surface area contributed by atoms with Gasteiger partial charge in [0.2, 0.25) is 5.91 Å². The first-order chi connectivity index (χ1) is 11.0. The van der Waals surface area contributed by atoms with Crippen LogP contribution >= 0.6 is 0 Å². The van der Waals surface area contributed by atoms with E-state index >= 15 is 0 Å². The van der Waals surface area contributed by atoms with Crippen LogP contribution in [0.25, 0.3) is 0 Å². The standard InChI is InChI=1S/C17H26N4O2/c1-4-18-16(22)13-8-7-11-21(12-13)17(23)19-14-9-5-6-10-15(14)20(2)3/h5-6,9-10,13H,4,7-8,11-12H2,1-3H3,(H,18,22)(H,19,23)/t13-/m0/s1. The van der Waals surface area contributed by atoms with Gasteiger partial charge in [0.05, 0.1) is 17.3 Å². The molecule has 2 rings (SSSR count). The van der Waals surface area contributed by atoms with Crippen LogP contribution in [0.4, 0.5) is 16.2 Å². The molecule has 1 saturated heterocycles. The highest BCUT2D eigenvalue weighted by Gasteiger charge is 2.28. The zero-order valence-corrected chi connectivity index (χ0v) is 14.1. The van der Waals surface area contributed by atoms with E-state index < -0.39 is 0 Å². The molecule has 1 fully saturated rings. The summed E-state index contributed by atoms with van der Waals surface area (Å²) in [4.78, 5) is 28.2. The SMILES string of the molecule is CCNC(=O)[C@H]1CCCN(C(=O)Nc2ccccc2N(C)C)C1. The van der Waals surface area contributed by atoms with E-state index in [2.05, 4.69) is 10.6 Å². The maximum absolute atomic E-state index is 12.5. The predicted molar refractivity (Wildman–Crippen MR) is 92.8 cm³/mol. The van der Waals surface area contributed by atoms with Gasteiger partial charge in [0.25, 0.3) is 0 Å². The van der Waals surface area contributed by atoms with E-state index in [0.717, 1.165) is 24.2 Å². The number of likely N-dealkylation sites (tertiary alicyclic amines) is 1. The molecule has 1 atom stereocenters. The Balaban J connectivity index is 2.02. The minimum atomic E-state index is -0.145. The van der Waals surface area contributed by atoms with Crippen molar-refractivity contribution in [1.29, 1.82) is 0 Å². The van der Waals surface area contributed by atoms with Gasteiger partial charge in [0, 0.05) is 33.7 Å². The zero-order chi connectivity index (χ0) is 16.8. The summed E-state index contributed by atoms with van der Waals surface area (Å²) in [6, 6.07) is 7.54. The number of piperidine rings is 1. The Bertz CT molecular complexity index is 559. The Morgan fingerprint density at radius 1 is 1.30 bits per heavy atom. The molecule has 2 N–H and O–H groups in total. The van der Waals surface area contributed by atoms with Gasteiger partial charge < -0.3 is 20.4 Å². The number of hydrogen-bond donors (Lipinski definition) is 2. The first-order valence-corrected chi connectivity index (χ1v) is 8.13. The Hall–Kier alpha value is -2.24. The number of amides is 3. The van der Waals surface area contributed by atoms with Gasteiger partial charge in [-0.25, -0.2) is 4.79 Å². The zero-order valence-electron chi connectivity index (χ0n) is 14.1. The van der Waals surface area contributed by atoms with Crippen LogP contribution in [0.5, 0.6) is 0 Å². The molecule has 0 aromatic heterocycles. The lowest BCUT2D eigenvalue weighted by Gasteiger charge is -2.32. The Morgan fingerprint density at radius 2 is 2.04 bits per heavy atom. The van der Waals surface area contributed by atoms with Gasteiger partial charge in [0.15, 0.2) is 0 Å². The van der Waals surface area contributed by atoms with Crippen molar-refractivity contribution in [1.82, 2.24) is 10.2 Å². The molecule has 1 aliphatic heterocycles. The fraction of sp³-hybridized carbons (Fsp3) is 0.529. The fourth-order valence-electron chi connectivity index (χ4n) is 2.86. The molecule has 0 aliphatic carbocycles. The first-order valence-electron chi connectivity index (χ1n) is 8.13. The largest absolute Gasteiger partial charge is 0.376 e. The number of nitrogens with one attached hydrogen (secondary N) is 2. The number of anilines is 2. The van der Waals surface area contributed by atoms with Crippen LogP contribution in [0, 0.1) is 5.92 Å². The monoisotopic (exact) mass is 318 g/mol. The van der Waals surface area contributed by atoms with Crippen molar-refractivity contribution >= 4 is 23.3 Å². The van der Waals surface area contributed by atoms with Crippen LogP contribution in [0.2, 0.25) is 0 Å². The summed E-state index contributed by atoms with van der Waals surface area (Å²) in [7, 11) is 3.88. The second kappa shape index (κ2) is 7.85. The van der Waals surface area contributed by atoms with E-state index in [1.165, 1.54) is 0 Å². The Kier molecular flexibility index (Phi) is 5.84. The smallest absolute Gasteiger partial charge is 0.321 e. The fourth-order valence-corrected chi connectivity index (χ4v) is 2.86. The lowest BCUT2D eigenvalue weighted by molar-refractivity contribution is -0.126. The highest BCUT2D eigenvalue weighted by molar-refractivity contribution is 5.93. The minimum Gasteiger partial charge on any atom is -0.376 e. The molecule has 1 aromatic rings. The first kappa shape index (κ1) is 17.1. The van der Waals surface area contributed by atoms with E-state index in [0.29, 0.717) is 19.6 Å². The summed E-state index contributed by atoms with van der Waals surface area (Å²) >= 11 is 0. The molecule has 6 nitrogen and oxygen atoms in total. The van der Waals surface area contributed by atoms with Gasteiger partial charge in [-0.05, 0) is 31.9 Å². The second-order valence-corrected chi connectivity index (χ2v) is 6.02. The molecule has 0 spiro atoms. The van der Waals surface area contributed by atoms with Crippen molar-refractivity contribution < 1.29 is 9.59 Å². The van der Waals surface area contributed by atoms with Gasteiger partial charge in [-0.1, -0.05) is 12.1 Å². The highest BCUT2D eigenvalue weighted by atomic mass is 16.2. The van der Waals surface area contributed by atoms with Gasteiger partial charge in [0.1, 0.15) is 0 Å². The average Bonchev–Trinajstić information content (AvgIpc) is 2.55. The quantitative estimate of drug-likeness (QED) is 0.894. The summed E-state index contributed by atoms with van der Waals surface area (Å²) in [5.74, 6) is -0.0720. The van der Waals surface area contributed by atoms with E-state index in [1.807, 2.05) is 50.2 Å². The predicted octanol–water partition coefficient (Wildman–Crippen LogP) is 2.13. The lowest BCUT2D eigenvalue weighted by atomic mass is 9.97. The van der Waals surface area contributed by atoms with Gasteiger partial charge >= 0.3 is 6.03 Å². The highest BCUT2D eigenvalue weighted by Crippen LogP contribution is 2.24. The maximum atomic E-state index is 12.5. The molecule has 3 amide bonds. The number of hydrogen-bond acceptors (Lipinski definition) is 3. The van der Waals surface area contributed by atoms with Crippen LogP contribution in [0.3, 0.4) is 0 Å². The number of carbonyl (C=O) groups excluding carboxylic acids is 2. The number of para-hydroxylation sites is 2. The summed E-state index contributed by atoms with van der Waals surface area (Å²) in [6.45, 7) is 3.69. The summed E-state index contributed by atoms with van der Waals surface area (Å²) in [5, 5.41) is 5.81. The van der Waals surface area contributed by atoms with Crippen molar-refractivity contribution in [3.8, 4) is 0 Å². The molecule has 0 unspecified atom stereocenters. The molecule has 0 bridgehead atoms. The second-order valence-electron chi connectivity index (χ2n) is 6.02. The van der Waals surface area contributed by atoms with E-state index in [9.17, 15) is 9.59 Å². The molecule has 0 radical (unpaired) electrons. The van der Waals surface area contributed by atoms with E-state index in [4.69, 9.17) is 0 Å². The molecule has 1 aromatic carbocycles. The number of nitrogens with zero attached hydrogens (tertiary/aromatic N) is 2. The lowest BCUT2D eigenvalue weighted by Crippen LogP contribution is -2.46. The average molecular weight is 318 g/mol. The van der Waals surface area contributed by atoms with Crippen LogP contribution < -0.4 is 15.5 Å². The van der Waals surface area contributed by atoms with Gasteiger partial charge in [-0.15, -0.1) is 0 Å². The Labute approximate surface area is 137 Å². The number of benzene rings is 1. The third-order valence-electron chi connectivity index (χ3n) is 4.06. The maximum Gasteiger partial charge on any atom is 0.321 e. The van der Waals surface area contributed by atoms with Crippen molar-refractivity contribution in [2.75, 3.05) is 43.9 Å². The summed E-state index contributed by atoms with van der Waals surface area (Å²) in [6.07, 6.45) is 1.69. The molecule has 23 heavy (non-hydrogen) atoms. The van der Waals surface area contributed by atoms with Crippen molar-refractivity contribution in [2.24, 2.45) is 5.92 Å². The molecular formula is C17H26N4O2. The van der Waals surface area contributed by atoms with Crippen molar-refractivity contribution in [3.05, 3.63) is 24.3 Å². The van der Waals surface area contributed by atoms with Crippen molar-refractivity contribution in [2.45, 2.75) is 19.8 Å². The van der Waals surface area contributed by atoms with Crippen LogP contribution in [-0.2, 0) is 4.79 Å². The van der Waals surface area contributed by atoms with E-state index in [1.54, 1.807) is 4.90 Å². The minimum absolute atomic E-state index is 0.0405. The molecular weight excluding hydrogens is 292 g/mol. The molecule has 126 valence electrons. The number of carbonyl (C=O) groups is 2. The van der Waals surface area contributed by atoms with Crippen molar-refractivity contribution in [3.63, 3.8) is 0 Å². The molecule has 1 heterocycles. The summed E-state index contributed by atoms with van der Waals surface area (Å²) in [5.41, 5.74) is 1.74. The molecule has 0 saturated carbocycles.